The molecule has 0 fully saturated rings. The van der Waals surface area contributed by atoms with E-state index in [9.17, 15) is 14.7 Å². The van der Waals surface area contributed by atoms with Crippen LogP contribution < -0.4 is 21.9 Å². The van der Waals surface area contributed by atoms with Crippen molar-refractivity contribution in [3.63, 3.8) is 0 Å². The van der Waals surface area contributed by atoms with Crippen LogP contribution in [0.5, 0.6) is 0 Å². The molecule has 1 unspecified atom stereocenters. The number of nitrogens with zero attached hydrogens (tertiary/aromatic N) is 2. The summed E-state index contributed by atoms with van der Waals surface area (Å²) in [5, 5.41) is 15.3. The summed E-state index contributed by atoms with van der Waals surface area (Å²) in [4.78, 5) is 30.1. The summed E-state index contributed by atoms with van der Waals surface area (Å²) in [5.41, 5.74) is 6.38. The average Bonchev–Trinajstić information content (AvgIpc) is 2.67. The first-order valence-electron chi connectivity index (χ1n) is 9.40. The van der Waals surface area contributed by atoms with E-state index in [1.54, 1.807) is 63.2 Å². The number of halogens is 1. The predicted octanol–water partition coefficient (Wildman–Crippen LogP) is 2.95. The van der Waals surface area contributed by atoms with Crippen LogP contribution in [0.15, 0.2) is 47.3 Å². The molecule has 30 heavy (non-hydrogen) atoms. The molecule has 0 saturated heterocycles. The zero-order chi connectivity index (χ0) is 22.1. The number of urea groups is 1. The molecule has 8 nitrogen and oxygen atoms in total. The van der Waals surface area contributed by atoms with E-state index in [0.717, 1.165) is 0 Å². The van der Waals surface area contributed by atoms with E-state index in [1.807, 2.05) is 0 Å². The van der Waals surface area contributed by atoms with E-state index in [0.29, 0.717) is 33.1 Å². The Labute approximate surface area is 178 Å². The molecule has 2 aromatic carbocycles. The van der Waals surface area contributed by atoms with Crippen molar-refractivity contribution in [3.8, 4) is 5.69 Å². The Morgan fingerprint density at radius 2 is 2.00 bits per heavy atom. The maximum absolute atomic E-state index is 13.3. The van der Waals surface area contributed by atoms with Gasteiger partial charge in [-0.2, -0.15) is 0 Å². The van der Waals surface area contributed by atoms with Crippen molar-refractivity contribution in [3.05, 3.63) is 63.7 Å². The summed E-state index contributed by atoms with van der Waals surface area (Å²) in [6.45, 7) is 4.92. The fraction of sp³-hybridized carbons (Fsp3) is 0.286. The lowest BCUT2D eigenvalue weighted by molar-refractivity contribution is 0.187. The molecule has 158 valence electrons. The summed E-state index contributed by atoms with van der Waals surface area (Å²) in [6.07, 6.45) is 0. The number of amides is 2. The quantitative estimate of drug-likeness (QED) is 0.496. The highest BCUT2D eigenvalue weighted by Crippen LogP contribution is 2.23. The van der Waals surface area contributed by atoms with Crippen molar-refractivity contribution in [2.24, 2.45) is 5.73 Å². The number of aliphatic hydroxyl groups excluding tert-OH is 1. The van der Waals surface area contributed by atoms with Gasteiger partial charge in [0.2, 0.25) is 0 Å². The Bertz CT molecular complexity index is 1160. The molecule has 3 rings (SSSR count). The number of hydrogen-bond acceptors (Lipinski definition) is 5. The van der Waals surface area contributed by atoms with Crippen LogP contribution in [0.4, 0.5) is 10.5 Å². The lowest BCUT2D eigenvalue weighted by Gasteiger charge is -2.23. The zero-order valence-electron chi connectivity index (χ0n) is 16.9. The number of aromatic nitrogens is 2. The number of nitrogens with one attached hydrogen (secondary N) is 2. The van der Waals surface area contributed by atoms with Crippen LogP contribution in [-0.2, 0) is 0 Å². The standard InChI is InChI=1S/C21H24ClN5O3/c1-12(23)18-25-16-9-5-8-15(22)17(16)19(29)27(18)14-7-4-6-13(10-14)24-20(30)26-21(2,3)11-28/h4-10,12,28H,11,23H2,1-3H3,(H2,24,26,30). The maximum atomic E-state index is 13.3. The molecular formula is C21H24ClN5O3. The van der Waals surface area contributed by atoms with Gasteiger partial charge in [-0.25, -0.2) is 9.78 Å². The van der Waals surface area contributed by atoms with Gasteiger partial charge in [0.1, 0.15) is 5.82 Å². The van der Waals surface area contributed by atoms with Crippen molar-refractivity contribution in [1.29, 1.82) is 0 Å². The van der Waals surface area contributed by atoms with Gasteiger partial charge in [0.25, 0.3) is 5.56 Å². The van der Waals surface area contributed by atoms with Crippen molar-refractivity contribution >= 4 is 34.2 Å². The molecule has 0 aliphatic carbocycles. The molecule has 0 bridgehead atoms. The van der Waals surface area contributed by atoms with Gasteiger partial charge in [-0.05, 0) is 51.1 Å². The summed E-state index contributed by atoms with van der Waals surface area (Å²) in [6, 6.07) is 10.8. The molecular weight excluding hydrogens is 406 g/mol. The molecule has 1 aromatic heterocycles. The molecule has 2 amide bonds. The normalized spacial score (nSPS) is 12.6. The molecule has 0 radical (unpaired) electrons. The largest absolute Gasteiger partial charge is 0.394 e. The van der Waals surface area contributed by atoms with Gasteiger partial charge >= 0.3 is 6.03 Å². The lowest BCUT2D eigenvalue weighted by atomic mass is 10.1. The van der Waals surface area contributed by atoms with Gasteiger partial charge in [-0.15, -0.1) is 0 Å². The molecule has 9 heteroatoms. The Morgan fingerprint density at radius 3 is 2.67 bits per heavy atom. The number of anilines is 1. The highest BCUT2D eigenvalue weighted by Gasteiger charge is 2.20. The van der Waals surface area contributed by atoms with Crippen LogP contribution in [0.2, 0.25) is 5.02 Å². The minimum Gasteiger partial charge on any atom is -0.394 e. The minimum absolute atomic E-state index is 0.211. The summed E-state index contributed by atoms with van der Waals surface area (Å²) in [5.74, 6) is 0.373. The number of hydrogen-bond donors (Lipinski definition) is 4. The first kappa shape index (κ1) is 21.8. The van der Waals surface area contributed by atoms with Crippen molar-refractivity contribution in [1.82, 2.24) is 14.9 Å². The van der Waals surface area contributed by atoms with E-state index in [4.69, 9.17) is 17.3 Å². The van der Waals surface area contributed by atoms with Crippen molar-refractivity contribution < 1.29 is 9.90 Å². The van der Waals surface area contributed by atoms with E-state index in [2.05, 4.69) is 15.6 Å². The molecule has 0 saturated carbocycles. The van der Waals surface area contributed by atoms with Crippen molar-refractivity contribution in [2.75, 3.05) is 11.9 Å². The van der Waals surface area contributed by atoms with Gasteiger partial charge < -0.3 is 21.5 Å². The second kappa shape index (κ2) is 8.43. The van der Waals surface area contributed by atoms with E-state index in [-0.39, 0.29) is 12.2 Å². The van der Waals surface area contributed by atoms with Crippen LogP contribution in [0.25, 0.3) is 16.6 Å². The number of benzene rings is 2. The topological polar surface area (TPSA) is 122 Å². The summed E-state index contributed by atoms with van der Waals surface area (Å²) in [7, 11) is 0. The number of nitrogens with two attached hydrogens (primary N) is 1. The number of carbonyl (C=O) groups is 1. The predicted molar refractivity (Wildman–Crippen MR) is 118 cm³/mol. The zero-order valence-corrected chi connectivity index (χ0v) is 17.7. The molecule has 0 aliphatic heterocycles. The monoisotopic (exact) mass is 429 g/mol. The third kappa shape index (κ3) is 4.46. The highest BCUT2D eigenvalue weighted by molar-refractivity contribution is 6.35. The second-order valence-corrected chi connectivity index (χ2v) is 8.11. The smallest absolute Gasteiger partial charge is 0.319 e. The molecule has 5 N–H and O–H groups in total. The van der Waals surface area contributed by atoms with Crippen LogP contribution in [0.3, 0.4) is 0 Å². The molecule has 0 aliphatic rings. The lowest BCUT2D eigenvalue weighted by Crippen LogP contribution is -2.48. The van der Waals surface area contributed by atoms with E-state index in [1.165, 1.54) is 4.57 Å². The van der Waals surface area contributed by atoms with E-state index >= 15 is 0 Å². The Hall–Kier alpha value is -2.94. The fourth-order valence-corrected chi connectivity index (χ4v) is 3.24. The number of carbonyl (C=O) groups excluding carboxylic acids is 1. The van der Waals surface area contributed by atoms with E-state index < -0.39 is 17.6 Å². The molecule has 3 aromatic rings. The number of rotatable bonds is 5. The average molecular weight is 430 g/mol. The van der Waals surface area contributed by atoms with Gasteiger partial charge in [0, 0.05) is 5.69 Å². The number of aliphatic hydroxyl groups is 1. The Kier molecular flexibility index (Phi) is 6.12. The summed E-state index contributed by atoms with van der Waals surface area (Å²) < 4.78 is 1.40. The molecule has 1 atom stereocenters. The third-order valence-electron chi connectivity index (χ3n) is 4.49. The van der Waals surface area contributed by atoms with Gasteiger partial charge in [-0.1, -0.05) is 23.7 Å². The first-order valence-corrected chi connectivity index (χ1v) is 9.78. The van der Waals surface area contributed by atoms with Crippen molar-refractivity contribution in [2.45, 2.75) is 32.4 Å². The van der Waals surface area contributed by atoms with Crippen LogP contribution in [-0.4, -0.2) is 32.8 Å². The molecule has 1 heterocycles. The number of fused-ring (bicyclic) bond motifs is 1. The van der Waals surface area contributed by atoms with Crippen LogP contribution >= 0.6 is 11.6 Å². The highest BCUT2D eigenvalue weighted by atomic mass is 35.5. The van der Waals surface area contributed by atoms with Gasteiger partial charge in [-0.3, -0.25) is 9.36 Å². The third-order valence-corrected chi connectivity index (χ3v) is 4.80. The minimum atomic E-state index is -0.778. The Balaban J connectivity index is 2.08. The fourth-order valence-electron chi connectivity index (χ4n) is 2.99. The summed E-state index contributed by atoms with van der Waals surface area (Å²) >= 11 is 6.26. The Morgan fingerprint density at radius 1 is 1.30 bits per heavy atom. The van der Waals surface area contributed by atoms with Crippen LogP contribution in [0, 0.1) is 0 Å². The second-order valence-electron chi connectivity index (χ2n) is 7.70. The van der Waals surface area contributed by atoms with Gasteiger partial charge in [0.15, 0.2) is 0 Å². The van der Waals surface area contributed by atoms with Gasteiger partial charge in [0.05, 0.1) is 39.8 Å². The first-order chi connectivity index (χ1) is 14.1. The SMILES string of the molecule is CC(N)c1nc2cccc(Cl)c2c(=O)n1-c1cccc(NC(=O)NC(C)(C)CO)c1. The maximum Gasteiger partial charge on any atom is 0.319 e. The molecule has 0 spiro atoms. The van der Waals surface area contributed by atoms with Crippen LogP contribution in [0.1, 0.15) is 32.6 Å².